The molecule has 1 aromatic rings. The second-order valence-corrected chi connectivity index (χ2v) is 10.6. The van der Waals surface area contributed by atoms with E-state index in [9.17, 15) is 5.11 Å². The topological polar surface area (TPSA) is 61.3 Å². The molecular weight excluding hydrogens is 360 g/mol. The lowest BCUT2D eigenvalue weighted by atomic mass is 9.48. The molecule has 0 amide bonds. The molecule has 2 N–H and O–H groups in total. The van der Waals surface area contributed by atoms with Gasteiger partial charge in [0.05, 0.1) is 11.8 Å². The number of aliphatic hydroxyl groups is 1. The normalized spacial score (nSPS) is 34.2. The van der Waals surface area contributed by atoms with Crippen LogP contribution in [0.15, 0.2) is 6.33 Å². The van der Waals surface area contributed by atoms with E-state index in [4.69, 9.17) is 0 Å². The van der Waals surface area contributed by atoms with Crippen molar-refractivity contribution in [3.63, 3.8) is 0 Å². The van der Waals surface area contributed by atoms with Crippen molar-refractivity contribution in [2.24, 2.45) is 23.2 Å². The number of nitrogens with one attached hydrogen (secondary N) is 1. The van der Waals surface area contributed by atoms with Gasteiger partial charge in [0.25, 0.3) is 0 Å². The Labute approximate surface area is 175 Å². The zero-order valence-electron chi connectivity index (χ0n) is 18.1. The van der Waals surface area contributed by atoms with Crippen LogP contribution in [-0.2, 0) is 13.0 Å². The fourth-order valence-electron chi connectivity index (χ4n) is 7.33. The van der Waals surface area contributed by atoms with Gasteiger partial charge in [0, 0.05) is 25.2 Å². The number of nitrogens with zero attached hydrogens (tertiary/aromatic N) is 3. The van der Waals surface area contributed by atoms with Crippen LogP contribution in [0.1, 0.15) is 76.0 Å². The first-order chi connectivity index (χ1) is 14.1. The molecule has 5 heteroatoms. The minimum Gasteiger partial charge on any atom is -0.391 e. The van der Waals surface area contributed by atoms with Gasteiger partial charge >= 0.3 is 0 Å². The van der Waals surface area contributed by atoms with Crippen LogP contribution in [0.5, 0.6) is 0 Å². The number of unbranched alkanes of at least 4 members (excludes halogenated alkanes) is 2. The molecule has 0 saturated heterocycles. The lowest BCUT2D eigenvalue weighted by Gasteiger charge is -2.58. The Morgan fingerprint density at radius 3 is 2.55 bits per heavy atom. The van der Waals surface area contributed by atoms with E-state index in [0.717, 1.165) is 43.1 Å². The zero-order chi connectivity index (χ0) is 19.8. The molecule has 5 nitrogen and oxygen atoms in total. The third kappa shape index (κ3) is 3.93. The molecule has 4 aliphatic carbocycles. The lowest BCUT2D eigenvalue weighted by molar-refractivity contribution is -0.115. The van der Waals surface area contributed by atoms with Gasteiger partial charge in [-0.05, 0) is 81.1 Å². The summed E-state index contributed by atoms with van der Waals surface area (Å²) in [4.78, 5) is 11.7. The number of anilines is 1. The van der Waals surface area contributed by atoms with Gasteiger partial charge in [-0.3, -0.25) is 4.90 Å². The second kappa shape index (κ2) is 8.14. The molecule has 0 aromatic carbocycles. The smallest absolute Gasteiger partial charge is 0.133 e. The van der Waals surface area contributed by atoms with Crippen molar-refractivity contribution in [1.82, 2.24) is 14.9 Å². The van der Waals surface area contributed by atoms with E-state index in [1.54, 1.807) is 6.33 Å². The third-order valence-corrected chi connectivity index (χ3v) is 8.42. The summed E-state index contributed by atoms with van der Waals surface area (Å²) in [6, 6.07) is 0. The Bertz CT molecular complexity index is 686. The van der Waals surface area contributed by atoms with Crippen LogP contribution in [0.4, 0.5) is 5.82 Å². The van der Waals surface area contributed by atoms with Crippen LogP contribution >= 0.6 is 0 Å². The van der Waals surface area contributed by atoms with Crippen LogP contribution in [0.3, 0.4) is 0 Å². The maximum absolute atomic E-state index is 11.2. The van der Waals surface area contributed by atoms with Crippen molar-refractivity contribution in [3.05, 3.63) is 17.6 Å². The number of aromatic nitrogens is 2. The Morgan fingerprint density at radius 2 is 1.86 bits per heavy atom. The summed E-state index contributed by atoms with van der Waals surface area (Å²) in [5.74, 6) is 3.59. The molecule has 1 aromatic heterocycles. The van der Waals surface area contributed by atoms with E-state index in [-0.39, 0.29) is 11.5 Å². The van der Waals surface area contributed by atoms with Crippen LogP contribution in [-0.4, -0.2) is 45.7 Å². The van der Waals surface area contributed by atoms with Crippen molar-refractivity contribution in [1.29, 1.82) is 0 Å². The minimum atomic E-state index is -0.254. The van der Waals surface area contributed by atoms with Crippen molar-refractivity contribution in [3.8, 4) is 0 Å². The Morgan fingerprint density at radius 1 is 1.14 bits per heavy atom. The zero-order valence-corrected chi connectivity index (χ0v) is 18.1. The fraction of sp³-hybridized carbons (Fsp3) is 0.833. The van der Waals surface area contributed by atoms with Crippen LogP contribution < -0.4 is 5.32 Å². The summed E-state index contributed by atoms with van der Waals surface area (Å²) in [5, 5.41) is 14.8. The van der Waals surface area contributed by atoms with Gasteiger partial charge in [-0.1, -0.05) is 19.8 Å². The number of rotatable bonds is 8. The molecule has 1 atom stereocenters. The van der Waals surface area contributed by atoms with Crippen molar-refractivity contribution in [2.45, 2.75) is 83.8 Å². The fourth-order valence-corrected chi connectivity index (χ4v) is 7.33. The van der Waals surface area contributed by atoms with Crippen molar-refractivity contribution in [2.75, 3.05) is 25.0 Å². The van der Waals surface area contributed by atoms with E-state index in [2.05, 4.69) is 27.1 Å². The SMILES string of the molecule is CCCCCN1CCc2c(ncnc2NCC(O)C23CC4CC(CC(C4)C2)C3)C1. The second-order valence-electron chi connectivity index (χ2n) is 10.6. The van der Waals surface area contributed by atoms with Crippen molar-refractivity contribution < 1.29 is 5.11 Å². The summed E-state index contributed by atoms with van der Waals surface area (Å²) in [6.45, 7) is 6.10. The van der Waals surface area contributed by atoms with Gasteiger partial charge in [-0.25, -0.2) is 9.97 Å². The molecule has 29 heavy (non-hydrogen) atoms. The maximum Gasteiger partial charge on any atom is 0.133 e. The Kier molecular flexibility index (Phi) is 5.55. The Hall–Kier alpha value is -1.20. The predicted molar refractivity (Wildman–Crippen MR) is 116 cm³/mol. The van der Waals surface area contributed by atoms with Gasteiger partial charge in [0.15, 0.2) is 0 Å². The molecule has 4 bridgehead atoms. The molecule has 1 unspecified atom stereocenters. The molecule has 0 radical (unpaired) electrons. The standard InChI is InChI=1S/C24H38N4O/c1-2-3-4-6-28-7-5-20-21(15-28)26-16-27-23(20)25-14-22(29)24-11-17-8-18(12-24)10-19(9-17)13-24/h16-19,22,29H,2-15H2,1H3,(H,25,26,27). The van der Waals surface area contributed by atoms with Gasteiger partial charge in [-0.15, -0.1) is 0 Å². The summed E-state index contributed by atoms with van der Waals surface area (Å²) < 4.78 is 0. The largest absolute Gasteiger partial charge is 0.391 e. The summed E-state index contributed by atoms with van der Waals surface area (Å²) in [6.07, 6.45) is 14.3. The van der Waals surface area contributed by atoms with E-state index in [1.165, 1.54) is 75.6 Å². The summed E-state index contributed by atoms with van der Waals surface area (Å²) in [7, 11) is 0. The van der Waals surface area contributed by atoms with Crippen LogP contribution in [0.25, 0.3) is 0 Å². The summed E-state index contributed by atoms with van der Waals surface area (Å²) in [5.41, 5.74) is 2.62. The average molecular weight is 399 g/mol. The number of aliphatic hydroxyl groups excluding tert-OH is 1. The Balaban J connectivity index is 1.21. The van der Waals surface area contributed by atoms with Gasteiger partial charge in [0.1, 0.15) is 12.1 Å². The number of hydrogen-bond donors (Lipinski definition) is 2. The first-order valence-corrected chi connectivity index (χ1v) is 12.1. The van der Waals surface area contributed by atoms with Crippen LogP contribution in [0.2, 0.25) is 0 Å². The number of fused-ring (bicyclic) bond motifs is 1. The molecule has 6 rings (SSSR count). The highest BCUT2D eigenvalue weighted by Crippen LogP contribution is 2.61. The highest BCUT2D eigenvalue weighted by molar-refractivity contribution is 5.47. The maximum atomic E-state index is 11.2. The van der Waals surface area contributed by atoms with Gasteiger partial charge in [-0.2, -0.15) is 0 Å². The molecule has 0 spiro atoms. The minimum absolute atomic E-state index is 0.172. The first-order valence-electron chi connectivity index (χ1n) is 12.1. The number of hydrogen-bond acceptors (Lipinski definition) is 5. The highest BCUT2D eigenvalue weighted by atomic mass is 16.3. The lowest BCUT2D eigenvalue weighted by Crippen LogP contribution is -2.53. The molecule has 5 aliphatic rings. The highest BCUT2D eigenvalue weighted by Gasteiger charge is 2.53. The summed E-state index contributed by atoms with van der Waals surface area (Å²) >= 11 is 0. The van der Waals surface area contributed by atoms with E-state index >= 15 is 0 Å². The molecule has 160 valence electrons. The first kappa shape index (κ1) is 19.7. The van der Waals surface area contributed by atoms with Crippen molar-refractivity contribution >= 4 is 5.82 Å². The average Bonchev–Trinajstić information content (AvgIpc) is 2.71. The van der Waals surface area contributed by atoms with E-state index in [1.807, 2.05) is 0 Å². The van der Waals surface area contributed by atoms with E-state index < -0.39 is 0 Å². The molecule has 1 aliphatic heterocycles. The van der Waals surface area contributed by atoms with Crippen LogP contribution in [0, 0.1) is 23.2 Å². The van der Waals surface area contributed by atoms with E-state index in [0.29, 0.717) is 6.54 Å². The molecule has 4 saturated carbocycles. The molecule has 2 heterocycles. The molecular formula is C24H38N4O. The van der Waals surface area contributed by atoms with Gasteiger partial charge < -0.3 is 10.4 Å². The third-order valence-electron chi connectivity index (χ3n) is 8.42. The predicted octanol–water partition coefficient (Wildman–Crippen LogP) is 4.01. The monoisotopic (exact) mass is 398 g/mol. The van der Waals surface area contributed by atoms with Gasteiger partial charge in [0.2, 0.25) is 0 Å². The quantitative estimate of drug-likeness (QED) is 0.648. The molecule has 4 fully saturated rings.